The van der Waals surface area contributed by atoms with Crippen molar-refractivity contribution in [2.24, 2.45) is 0 Å². The molecule has 3 rings (SSSR count). The minimum atomic E-state index is -3.80. The number of benzene rings is 2. The minimum Gasteiger partial charge on any atom is -0.465 e. The Bertz CT molecular complexity index is 1220. The van der Waals surface area contributed by atoms with Crippen molar-refractivity contribution in [2.75, 3.05) is 10.0 Å². The minimum absolute atomic E-state index is 0.0507. The lowest BCUT2D eigenvalue weighted by Crippen LogP contribution is -2.16. The van der Waals surface area contributed by atoms with Crippen molar-refractivity contribution in [3.63, 3.8) is 0 Å². The highest BCUT2D eigenvalue weighted by Gasteiger charge is 2.17. The summed E-state index contributed by atoms with van der Waals surface area (Å²) in [6.45, 7) is 3.65. The van der Waals surface area contributed by atoms with Crippen LogP contribution in [-0.4, -0.2) is 14.3 Å². The second-order valence-electron chi connectivity index (χ2n) is 6.54. The van der Waals surface area contributed by atoms with E-state index in [0.29, 0.717) is 17.1 Å². The molecule has 0 fully saturated rings. The lowest BCUT2D eigenvalue weighted by atomic mass is 10.1. The van der Waals surface area contributed by atoms with E-state index in [-0.39, 0.29) is 10.5 Å². The first-order valence-corrected chi connectivity index (χ1v) is 10.4. The highest BCUT2D eigenvalue weighted by Crippen LogP contribution is 2.24. The fraction of sp³-hybridized carbons (Fsp3) is 0.0909. The maximum atomic E-state index is 12.7. The first-order chi connectivity index (χ1) is 14.3. The van der Waals surface area contributed by atoms with Crippen LogP contribution in [-0.2, 0) is 14.8 Å². The van der Waals surface area contributed by atoms with Gasteiger partial charge in [0.25, 0.3) is 15.9 Å². The number of aryl methyl sites for hydroxylation is 2. The van der Waals surface area contributed by atoms with Crippen LogP contribution in [0.25, 0.3) is 6.08 Å². The molecule has 8 heteroatoms. The average Bonchev–Trinajstić information content (AvgIpc) is 3.22. The predicted molar refractivity (Wildman–Crippen MR) is 114 cm³/mol. The maximum Gasteiger partial charge on any atom is 0.266 e. The Morgan fingerprint density at radius 2 is 1.70 bits per heavy atom. The third-order valence-electron chi connectivity index (χ3n) is 4.33. The molecule has 7 nitrogen and oxygen atoms in total. The van der Waals surface area contributed by atoms with Crippen LogP contribution in [0.5, 0.6) is 0 Å². The zero-order valence-corrected chi connectivity index (χ0v) is 17.2. The van der Waals surface area contributed by atoms with Gasteiger partial charge in [-0.15, -0.1) is 0 Å². The molecule has 2 aromatic carbocycles. The molecule has 152 valence electrons. The molecule has 0 spiro atoms. The molecule has 0 atom stereocenters. The van der Waals surface area contributed by atoms with E-state index in [1.54, 1.807) is 12.1 Å². The molecule has 30 heavy (non-hydrogen) atoms. The number of nitrogens with zero attached hydrogens (tertiary/aromatic N) is 1. The van der Waals surface area contributed by atoms with Crippen molar-refractivity contribution in [3.8, 4) is 6.07 Å². The molecule has 0 saturated heterocycles. The van der Waals surface area contributed by atoms with Crippen LogP contribution in [0.3, 0.4) is 0 Å². The van der Waals surface area contributed by atoms with E-state index in [9.17, 15) is 18.5 Å². The number of hydrogen-bond acceptors (Lipinski definition) is 5. The van der Waals surface area contributed by atoms with Gasteiger partial charge in [-0.05, 0) is 61.4 Å². The van der Waals surface area contributed by atoms with Gasteiger partial charge >= 0.3 is 0 Å². The number of anilines is 2. The van der Waals surface area contributed by atoms with Gasteiger partial charge in [0.2, 0.25) is 0 Å². The molecular formula is C22H19N3O4S. The normalized spacial score (nSPS) is 11.6. The lowest BCUT2D eigenvalue weighted by molar-refractivity contribution is -0.112. The number of nitriles is 1. The Labute approximate surface area is 174 Å². The van der Waals surface area contributed by atoms with E-state index >= 15 is 0 Å². The summed E-state index contributed by atoms with van der Waals surface area (Å²) in [5.41, 5.74) is 2.38. The summed E-state index contributed by atoms with van der Waals surface area (Å²) in [5, 5.41) is 11.8. The maximum absolute atomic E-state index is 12.7. The van der Waals surface area contributed by atoms with Gasteiger partial charge < -0.3 is 9.73 Å². The summed E-state index contributed by atoms with van der Waals surface area (Å²) < 4.78 is 33.1. The van der Waals surface area contributed by atoms with Crippen molar-refractivity contribution in [1.29, 1.82) is 5.26 Å². The molecule has 0 saturated carbocycles. The Morgan fingerprint density at radius 3 is 2.27 bits per heavy atom. The molecule has 3 aromatic rings. The molecular weight excluding hydrogens is 402 g/mol. The molecule has 1 aromatic heterocycles. The Kier molecular flexibility index (Phi) is 6.04. The van der Waals surface area contributed by atoms with Gasteiger partial charge in [0.05, 0.1) is 16.8 Å². The molecule has 1 heterocycles. The summed E-state index contributed by atoms with van der Waals surface area (Å²) >= 11 is 0. The largest absolute Gasteiger partial charge is 0.465 e. The number of para-hydroxylation sites is 1. The van der Waals surface area contributed by atoms with Gasteiger partial charge in [-0.1, -0.05) is 18.2 Å². The number of carbonyl (C=O) groups excluding carboxylic acids is 1. The quantitative estimate of drug-likeness (QED) is 0.457. The van der Waals surface area contributed by atoms with E-state index in [1.165, 1.54) is 36.6 Å². The molecule has 0 unspecified atom stereocenters. The van der Waals surface area contributed by atoms with Crippen molar-refractivity contribution < 1.29 is 17.6 Å². The van der Waals surface area contributed by atoms with Crippen LogP contribution in [0.15, 0.2) is 75.7 Å². The molecule has 0 aliphatic rings. The summed E-state index contributed by atoms with van der Waals surface area (Å²) in [7, 11) is -3.80. The second kappa shape index (κ2) is 8.68. The van der Waals surface area contributed by atoms with E-state index in [0.717, 1.165) is 11.1 Å². The monoisotopic (exact) mass is 421 g/mol. The summed E-state index contributed by atoms with van der Waals surface area (Å²) in [6.07, 6.45) is 2.76. The number of carbonyl (C=O) groups is 1. The third-order valence-corrected chi connectivity index (χ3v) is 5.70. The first kappa shape index (κ1) is 20.9. The zero-order chi connectivity index (χ0) is 21.7. The van der Waals surface area contributed by atoms with Gasteiger partial charge in [-0.3, -0.25) is 9.52 Å². The highest BCUT2D eigenvalue weighted by molar-refractivity contribution is 7.92. The molecule has 0 aliphatic heterocycles. The Balaban J connectivity index is 1.76. The molecule has 0 bridgehead atoms. The SMILES string of the molecule is Cc1cccc(C)c1NS(=O)(=O)c1ccc(NC(=O)C(C#N)=Cc2ccco2)cc1. The van der Waals surface area contributed by atoms with Gasteiger partial charge in [-0.25, -0.2) is 8.42 Å². The summed E-state index contributed by atoms with van der Waals surface area (Å²) in [4.78, 5) is 12.3. The molecule has 0 aliphatic carbocycles. The predicted octanol–water partition coefficient (Wildman–Crippen LogP) is 4.24. The number of amides is 1. The average molecular weight is 421 g/mol. The standard InChI is InChI=1S/C22H19N3O4S/c1-15-5-3-6-16(2)21(15)25-30(27,28)20-10-8-18(9-11-20)24-22(26)17(14-23)13-19-7-4-12-29-19/h3-13,25H,1-2H3,(H,24,26). The van der Waals surface area contributed by atoms with Crippen LogP contribution in [0.4, 0.5) is 11.4 Å². The summed E-state index contributed by atoms with van der Waals surface area (Å²) in [5.74, 6) is -0.251. The Hall–Kier alpha value is -3.83. The van der Waals surface area contributed by atoms with Crippen LogP contribution in [0, 0.1) is 25.2 Å². The van der Waals surface area contributed by atoms with E-state index in [1.807, 2.05) is 38.1 Å². The molecule has 2 N–H and O–H groups in total. The van der Waals surface area contributed by atoms with Crippen molar-refractivity contribution in [1.82, 2.24) is 0 Å². The Morgan fingerprint density at radius 1 is 1.03 bits per heavy atom. The van der Waals surface area contributed by atoms with Crippen molar-refractivity contribution in [2.45, 2.75) is 18.7 Å². The van der Waals surface area contributed by atoms with Crippen LogP contribution < -0.4 is 10.0 Å². The molecule has 0 radical (unpaired) electrons. The van der Waals surface area contributed by atoms with Gasteiger partial charge in [0.15, 0.2) is 0 Å². The highest BCUT2D eigenvalue weighted by atomic mass is 32.2. The van der Waals surface area contributed by atoms with Gasteiger partial charge in [0.1, 0.15) is 17.4 Å². The van der Waals surface area contributed by atoms with Gasteiger partial charge in [0, 0.05) is 11.8 Å². The van der Waals surface area contributed by atoms with Crippen LogP contribution >= 0.6 is 0 Å². The fourth-order valence-electron chi connectivity index (χ4n) is 2.75. The van der Waals surface area contributed by atoms with Crippen LogP contribution in [0.1, 0.15) is 16.9 Å². The van der Waals surface area contributed by atoms with E-state index < -0.39 is 15.9 Å². The number of hydrogen-bond donors (Lipinski definition) is 2. The smallest absolute Gasteiger partial charge is 0.266 e. The summed E-state index contributed by atoms with van der Waals surface area (Å²) in [6, 6.07) is 16.3. The molecule has 1 amide bonds. The zero-order valence-electron chi connectivity index (χ0n) is 16.3. The van der Waals surface area contributed by atoms with Crippen LogP contribution in [0.2, 0.25) is 0 Å². The number of rotatable bonds is 6. The number of sulfonamides is 1. The lowest BCUT2D eigenvalue weighted by Gasteiger charge is -2.13. The fourth-order valence-corrected chi connectivity index (χ4v) is 3.95. The van der Waals surface area contributed by atoms with Gasteiger partial charge in [-0.2, -0.15) is 5.26 Å². The number of nitrogens with one attached hydrogen (secondary N) is 2. The number of furan rings is 1. The first-order valence-electron chi connectivity index (χ1n) is 8.96. The van der Waals surface area contributed by atoms with E-state index in [4.69, 9.17) is 4.42 Å². The van der Waals surface area contributed by atoms with Crippen molar-refractivity contribution >= 4 is 33.4 Å². The third kappa shape index (κ3) is 4.77. The topological polar surface area (TPSA) is 112 Å². The second-order valence-corrected chi connectivity index (χ2v) is 8.22. The van der Waals surface area contributed by atoms with Crippen molar-refractivity contribution in [3.05, 3.63) is 83.3 Å². The van der Waals surface area contributed by atoms with E-state index in [2.05, 4.69) is 10.0 Å².